The number of halogens is 2. The number of hydrogen-bond donors (Lipinski definition) is 0. The van der Waals surface area contributed by atoms with Crippen molar-refractivity contribution >= 4 is 31.5 Å². The van der Waals surface area contributed by atoms with Gasteiger partial charge in [-0.15, -0.1) is 0 Å². The van der Waals surface area contributed by atoms with E-state index in [9.17, 15) is 21.2 Å². The lowest BCUT2D eigenvalue weighted by Crippen LogP contribution is -2.40. The van der Waals surface area contributed by atoms with Crippen molar-refractivity contribution in [2.45, 2.75) is 23.9 Å². The average molecular weight is 408 g/mol. The van der Waals surface area contributed by atoms with Crippen LogP contribution in [0.5, 0.6) is 0 Å². The summed E-state index contributed by atoms with van der Waals surface area (Å²) in [4.78, 5) is -0.199. The Labute approximate surface area is 150 Å². The molecular weight excluding hydrogens is 393 g/mol. The quantitative estimate of drug-likeness (QED) is 0.760. The molecule has 0 saturated carbocycles. The topological polar surface area (TPSA) is 84.7 Å². The number of benzene rings is 1. The summed E-state index contributed by atoms with van der Waals surface area (Å²) in [6, 6.07) is 5.58. The fourth-order valence-corrected chi connectivity index (χ4v) is 6.46. The molecule has 0 radical (unpaired) electrons. The summed E-state index contributed by atoms with van der Waals surface area (Å²) in [5, 5.41) is -0.321. The van der Waals surface area contributed by atoms with Crippen LogP contribution >= 0.6 is 11.6 Å². The van der Waals surface area contributed by atoms with E-state index >= 15 is 0 Å². The molecule has 1 atom stereocenters. The van der Waals surface area contributed by atoms with Gasteiger partial charge in [-0.3, -0.25) is 0 Å². The first-order chi connectivity index (χ1) is 11.7. The van der Waals surface area contributed by atoms with Gasteiger partial charge in [0.1, 0.15) is 11.6 Å². The van der Waals surface area contributed by atoms with E-state index in [0.717, 1.165) is 22.5 Å². The van der Waals surface area contributed by atoms with Crippen molar-refractivity contribution in [2.24, 2.45) is 0 Å². The molecule has 0 spiro atoms. The highest BCUT2D eigenvalue weighted by molar-refractivity contribution is 7.92. The molecule has 1 fully saturated rings. The van der Waals surface area contributed by atoms with Crippen LogP contribution in [0.4, 0.5) is 4.39 Å². The highest BCUT2D eigenvalue weighted by atomic mass is 35.5. The Morgan fingerprint density at radius 1 is 1.32 bits per heavy atom. The van der Waals surface area contributed by atoms with Gasteiger partial charge in [-0.05, 0) is 36.8 Å². The summed E-state index contributed by atoms with van der Waals surface area (Å²) < 4.78 is 69.3. The zero-order valence-corrected chi connectivity index (χ0v) is 15.3. The SMILES string of the molecule is O=S1(=O)CC[C@@H](N(Cc2ccco2)S(=O)(=O)c2ccc(F)c(Cl)c2)C1. The molecule has 0 aliphatic carbocycles. The van der Waals surface area contributed by atoms with Crippen molar-refractivity contribution in [2.75, 3.05) is 11.5 Å². The summed E-state index contributed by atoms with van der Waals surface area (Å²) in [5.41, 5.74) is 0. The standard InChI is InChI=1S/C15H15ClFNO5S2/c16-14-8-13(3-4-15(14)17)25(21,22)18(9-12-2-1-6-23-12)11-5-7-24(19,20)10-11/h1-4,6,8,11H,5,7,9-10H2/t11-/m1/s1. The summed E-state index contributed by atoms with van der Waals surface area (Å²) in [5.74, 6) is -0.698. The number of sulfone groups is 1. The number of furan rings is 1. The maximum Gasteiger partial charge on any atom is 0.243 e. The van der Waals surface area contributed by atoms with Gasteiger partial charge in [-0.25, -0.2) is 21.2 Å². The van der Waals surface area contributed by atoms with Crippen LogP contribution in [0.2, 0.25) is 5.02 Å². The second kappa shape index (κ2) is 6.71. The third-order valence-corrected chi connectivity index (χ3v) is 7.94. The number of hydrogen-bond acceptors (Lipinski definition) is 5. The molecule has 3 rings (SSSR count). The Morgan fingerprint density at radius 3 is 2.64 bits per heavy atom. The van der Waals surface area contributed by atoms with Crippen molar-refractivity contribution in [1.82, 2.24) is 4.31 Å². The zero-order chi connectivity index (χ0) is 18.2. The highest BCUT2D eigenvalue weighted by Gasteiger charge is 2.39. The van der Waals surface area contributed by atoms with Gasteiger partial charge in [0.05, 0.1) is 34.2 Å². The Morgan fingerprint density at radius 2 is 2.08 bits per heavy atom. The van der Waals surface area contributed by atoms with Gasteiger partial charge in [0.15, 0.2) is 9.84 Å². The molecule has 25 heavy (non-hydrogen) atoms. The highest BCUT2D eigenvalue weighted by Crippen LogP contribution is 2.29. The summed E-state index contributed by atoms with van der Waals surface area (Å²) in [6.07, 6.45) is 1.59. The molecule has 136 valence electrons. The molecule has 1 aromatic carbocycles. The fourth-order valence-electron chi connectivity index (χ4n) is 2.74. The lowest BCUT2D eigenvalue weighted by Gasteiger charge is -2.26. The molecule has 6 nitrogen and oxygen atoms in total. The maximum absolute atomic E-state index is 13.4. The lowest BCUT2D eigenvalue weighted by atomic mass is 10.2. The average Bonchev–Trinajstić information content (AvgIpc) is 3.16. The summed E-state index contributed by atoms with van der Waals surface area (Å²) in [7, 11) is -7.39. The Hall–Kier alpha value is -1.42. The van der Waals surface area contributed by atoms with Crippen molar-refractivity contribution in [1.29, 1.82) is 0 Å². The minimum absolute atomic E-state index is 0.0774. The van der Waals surface area contributed by atoms with Gasteiger partial charge < -0.3 is 4.42 Å². The van der Waals surface area contributed by atoms with E-state index < -0.39 is 31.7 Å². The molecule has 1 aliphatic rings. The van der Waals surface area contributed by atoms with Crippen molar-refractivity contribution < 1.29 is 25.6 Å². The van der Waals surface area contributed by atoms with E-state index in [-0.39, 0.29) is 34.4 Å². The van der Waals surface area contributed by atoms with Crippen molar-refractivity contribution in [3.8, 4) is 0 Å². The largest absolute Gasteiger partial charge is 0.468 e. The first-order valence-electron chi connectivity index (χ1n) is 7.39. The molecule has 2 heterocycles. The van der Waals surface area contributed by atoms with Gasteiger partial charge in [0.2, 0.25) is 10.0 Å². The van der Waals surface area contributed by atoms with Crippen molar-refractivity contribution in [3.05, 3.63) is 53.2 Å². The third kappa shape index (κ3) is 3.89. The Bertz CT molecular complexity index is 973. The molecule has 1 saturated heterocycles. The second-order valence-corrected chi connectivity index (χ2v) is 10.3. The number of nitrogens with zero attached hydrogens (tertiary/aromatic N) is 1. The minimum atomic E-state index is -4.09. The van der Waals surface area contributed by atoms with E-state index in [4.69, 9.17) is 16.0 Å². The molecule has 1 aromatic heterocycles. The van der Waals surface area contributed by atoms with E-state index in [1.165, 1.54) is 6.26 Å². The normalized spacial score (nSPS) is 20.2. The Kier molecular flexibility index (Phi) is 4.93. The van der Waals surface area contributed by atoms with E-state index in [0.29, 0.717) is 5.76 Å². The second-order valence-electron chi connectivity index (χ2n) is 5.76. The fraction of sp³-hybridized carbons (Fsp3) is 0.333. The molecular formula is C15H15ClFNO5S2. The van der Waals surface area contributed by atoms with Gasteiger partial charge in [0.25, 0.3) is 0 Å². The van der Waals surface area contributed by atoms with Gasteiger partial charge in [-0.1, -0.05) is 11.6 Å². The van der Waals surface area contributed by atoms with Gasteiger partial charge in [-0.2, -0.15) is 4.31 Å². The van der Waals surface area contributed by atoms with Gasteiger partial charge >= 0.3 is 0 Å². The summed E-state index contributed by atoms with van der Waals surface area (Å²) in [6.45, 7) is -0.121. The lowest BCUT2D eigenvalue weighted by molar-refractivity contribution is 0.307. The number of rotatable bonds is 5. The van der Waals surface area contributed by atoms with Crippen molar-refractivity contribution in [3.63, 3.8) is 0 Å². The molecule has 1 aliphatic heterocycles. The summed E-state index contributed by atoms with van der Waals surface area (Å²) >= 11 is 5.70. The van der Waals surface area contributed by atoms with Crippen LogP contribution in [0.3, 0.4) is 0 Å². The van der Waals surface area contributed by atoms with Crippen LogP contribution in [0.25, 0.3) is 0 Å². The van der Waals surface area contributed by atoms with Crippen LogP contribution in [0.15, 0.2) is 45.9 Å². The minimum Gasteiger partial charge on any atom is -0.468 e. The predicted molar refractivity (Wildman–Crippen MR) is 89.9 cm³/mol. The number of sulfonamides is 1. The van der Waals surface area contributed by atoms with E-state index in [1.54, 1.807) is 12.1 Å². The molecule has 0 bridgehead atoms. The third-order valence-electron chi connectivity index (χ3n) is 4.01. The van der Waals surface area contributed by atoms with Crippen LogP contribution in [0.1, 0.15) is 12.2 Å². The van der Waals surface area contributed by atoms with Crippen LogP contribution in [0, 0.1) is 5.82 Å². The first-order valence-corrected chi connectivity index (χ1v) is 11.0. The van der Waals surface area contributed by atoms with Crippen LogP contribution < -0.4 is 0 Å². The molecule has 10 heteroatoms. The van der Waals surface area contributed by atoms with E-state index in [1.807, 2.05) is 0 Å². The monoisotopic (exact) mass is 407 g/mol. The smallest absolute Gasteiger partial charge is 0.243 e. The zero-order valence-electron chi connectivity index (χ0n) is 12.9. The Balaban J connectivity index is 2.01. The van der Waals surface area contributed by atoms with Crippen LogP contribution in [-0.4, -0.2) is 38.7 Å². The molecule has 0 unspecified atom stereocenters. The van der Waals surface area contributed by atoms with E-state index in [2.05, 4.69) is 0 Å². The molecule has 0 N–H and O–H groups in total. The first kappa shape index (κ1) is 18.4. The molecule has 2 aromatic rings. The molecule has 0 amide bonds. The predicted octanol–water partition coefficient (Wildman–Crippen LogP) is 2.45. The maximum atomic E-state index is 13.4. The van der Waals surface area contributed by atoms with Gasteiger partial charge in [0, 0.05) is 6.04 Å². The van der Waals surface area contributed by atoms with Crippen LogP contribution in [-0.2, 0) is 26.4 Å².